The molecule has 8 heteroatoms. The van der Waals surface area contributed by atoms with Crippen molar-refractivity contribution in [3.63, 3.8) is 0 Å². The molecule has 0 amide bonds. The van der Waals surface area contributed by atoms with Crippen LogP contribution in [0.1, 0.15) is 98.9 Å². The molecule has 3 fully saturated rings. The molecular formula is C53H57NO7. The van der Waals surface area contributed by atoms with Gasteiger partial charge in [0, 0.05) is 52.7 Å². The quantitative estimate of drug-likeness (QED) is 0.102. The second-order valence-electron chi connectivity index (χ2n) is 17.7. The normalized spacial score (nSPS) is 20.7. The summed E-state index contributed by atoms with van der Waals surface area (Å²) in [6, 6.07) is 30.3. The molecule has 0 radical (unpaired) electrons. The maximum Gasteiger partial charge on any atom is 0.305 e. The monoisotopic (exact) mass is 819 g/mol. The Balaban J connectivity index is 1.13. The number of anilines is 1. The maximum absolute atomic E-state index is 11.7. The minimum absolute atomic E-state index is 0.169. The van der Waals surface area contributed by atoms with Gasteiger partial charge < -0.3 is 33.3 Å². The van der Waals surface area contributed by atoms with Gasteiger partial charge in [0.05, 0.1) is 27.4 Å². The Labute approximate surface area is 359 Å². The molecule has 5 aliphatic rings. The van der Waals surface area contributed by atoms with E-state index in [0.29, 0.717) is 17.6 Å². The Kier molecular flexibility index (Phi) is 10.5. The van der Waals surface area contributed by atoms with Crippen LogP contribution in [0, 0.1) is 5.41 Å². The lowest BCUT2D eigenvalue weighted by atomic mass is 9.56. The van der Waals surface area contributed by atoms with E-state index in [9.17, 15) is 4.79 Å². The first kappa shape index (κ1) is 39.7. The van der Waals surface area contributed by atoms with E-state index in [4.69, 9.17) is 28.4 Å². The summed E-state index contributed by atoms with van der Waals surface area (Å²) in [4.78, 5) is 14.1. The van der Waals surface area contributed by atoms with Crippen LogP contribution in [0.25, 0.3) is 28.0 Å². The molecule has 2 saturated carbocycles. The summed E-state index contributed by atoms with van der Waals surface area (Å²) >= 11 is 0. The van der Waals surface area contributed by atoms with Crippen molar-refractivity contribution < 1.29 is 33.2 Å². The Hall–Kier alpha value is -5.47. The standard InChI is InChI=1S/C53H57NO7/c1-4-47(55)60-33-32-59-39-14-10-37(11-15-39)53(36-8-12-38(13-9-36)54-28-30-58-31-29-54)23-20-44-49-48(42-18-16-40(56-2)34-45(42)50(44)61-53)43-19-17-41(57-3)35-46(43)52(49)26-24-51(25-27-52)21-6-5-7-22-51/h8-20,23,34-35H,4-7,21-22,24-33H2,1-3H3. The summed E-state index contributed by atoms with van der Waals surface area (Å²) in [7, 11) is 3.52. The van der Waals surface area contributed by atoms with Crippen LogP contribution < -0.4 is 23.8 Å². The van der Waals surface area contributed by atoms with E-state index in [1.165, 1.54) is 78.3 Å². The van der Waals surface area contributed by atoms with Gasteiger partial charge in [-0.25, -0.2) is 0 Å². The van der Waals surface area contributed by atoms with Crippen molar-refractivity contribution in [3.05, 3.63) is 119 Å². The third-order valence-corrected chi connectivity index (χ3v) is 14.7. The Morgan fingerprint density at radius 2 is 1.39 bits per heavy atom. The number of hydrogen-bond donors (Lipinski definition) is 0. The van der Waals surface area contributed by atoms with Gasteiger partial charge in [0.2, 0.25) is 0 Å². The number of benzene rings is 5. The average Bonchev–Trinajstić information content (AvgIpc) is 3.60. The third kappa shape index (κ3) is 6.82. The van der Waals surface area contributed by atoms with E-state index in [0.717, 1.165) is 78.5 Å². The zero-order valence-electron chi connectivity index (χ0n) is 35.9. The van der Waals surface area contributed by atoms with Gasteiger partial charge in [0.25, 0.3) is 0 Å². The molecule has 2 aliphatic heterocycles. The zero-order chi connectivity index (χ0) is 41.6. The van der Waals surface area contributed by atoms with Gasteiger partial charge in [0.15, 0.2) is 5.60 Å². The number of nitrogens with zero attached hydrogens (tertiary/aromatic N) is 1. The number of esters is 1. The Bertz CT molecular complexity index is 2450. The van der Waals surface area contributed by atoms with Crippen molar-refractivity contribution in [3.8, 4) is 34.1 Å². The predicted octanol–water partition coefficient (Wildman–Crippen LogP) is 11.2. The number of ether oxygens (including phenoxy) is 6. The van der Waals surface area contributed by atoms with Crippen molar-refractivity contribution in [1.82, 2.24) is 0 Å². The molecule has 5 aromatic carbocycles. The highest BCUT2D eigenvalue weighted by molar-refractivity contribution is 6.09. The van der Waals surface area contributed by atoms with E-state index < -0.39 is 5.60 Å². The van der Waals surface area contributed by atoms with Crippen LogP contribution in [0.15, 0.2) is 91.0 Å². The second kappa shape index (κ2) is 16.1. The second-order valence-corrected chi connectivity index (χ2v) is 17.7. The van der Waals surface area contributed by atoms with Crippen LogP contribution in [-0.2, 0) is 25.3 Å². The Morgan fingerprint density at radius 1 is 0.721 bits per heavy atom. The number of carbonyl (C=O) groups excluding carboxylic acids is 1. The molecular weight excluding hydrogens is 763 g/mol. The fourth-order valence-electron chi connectivity index (χ4n) is 11.4. The van der Waals surface area contributed by atoms with Crippen molar-refractivity contribution in [1.29, 1.82) is 0 Å². The number of hydrogen-bond acceptors (Lipinski definition) is 8. The van der Waals surface area contributed by atoms with E-state index >= 15 is 0 Å². The van der Waals surface area contributed by atoms with Gasteiger partial charge >= 0.3 is 5.97 Å². The molecule has 8 nitrogen and oxygen atoms in total. The molecule has 1 unspecified atom stereocenters. The SMILES string of the molecule is CCC(=O)OCCOc1ccc(C2(c3ccc(N4CCOCC4)cc3)C=Cc3c4c(c5ccc(OC)cc5c3O2)-c2ccc(OC)cc2C42CCC3(CCCCC3)CC2)cc1. The van der Waals surface area contributed by atoms with Crippen molar-refractivity contribution in [2.24, 2.45) is 5.41 Å². The molecule has 2 spiro atoms. The fourth-order valence-corrected chi connectivity index (χ4v) is 11.4. The molecule has 1 saturated heterocycles. The van der Waals surface area contributed by atoms with Crippen LogP contribution in [0.5, 0.6) is 23.0 Å². The highest BCUT2D eigenvalue weighted by Crippen LogP contribution is 2.65. The highest BCUT2D eigenvalue weighted by Gasteiger charge is 2.52. The fraction of sp³-hybridized carbons (Fsp3) is 0.415. The molecule has 3 aliphatic carbocycles. The molecule has 5 aromatic rings. The molecule has 0 N–H and O–H groups in total. The first-order chi connectivity index (χ1) is 29.9. The summed E-state index contributed by atoms with van der Waals surface area (Å²) in [5, 5.41) is 2.21. The average molecular weight is 820 g/mol. The van der Waals surface area contributed by atoms with Crippen molar-refractivity contribution in [2.75, 3.05) is 58.6 Å². The number of fused-ring (bicyclic) bond motifs is 10. The topological polar surface area (TPSA) is 75.7 Å². The van der Waals surface area contributed by atoms with Crippen molar-refractivity contribution in [2.45, 2.75) is 82.1 Å². The predicted molar refractivity (Wildman–Crippen MR) is 240 cm³/mol. The van der Waals surface area contributed by atoms with Gasteiger partial charge in [-0.15, -0.1) is 0 Å². The smallest absolute Gasteiger partial charge is 0.305 e. The van der Waals surface area contributed by atoms with E-state index in [2.05, 4.69) is 89.8 Å². The maximum atomic E-state index is 11.7. The van der Waals surface area contributed by atoms with Crippen LogP contribution >= 0.6 is 0 Å². The minimum Gasteiger partial charge on any atom is -0.497 e. The summed E-state index contributed by atoms with van der Waals surface area (Å²) < 4.78 is 36.6. The van der Waals surface area contributed by atoms with Gasteiger partial charge in [-0.3, -0.25) is 4.79 Å². The summed E-state index contributed by atoms with van der Waals surface area (Å²) in [5.41, 5.74) is 9.06. The first-order valence-corrected chi connectivity index (χ1v) is 22.5. The number of carbonyl (C=O) groups is 1. The van der Waals surface area contributed by atoms with E-state index in [-0.39, 0.29) is 24.6 Å². The minimum atomic E-state index is -0.962. The van der Waals surface area contributed by atoms with Crippen LogP contribution in [0.4, 0.5) is 5.69 Å². The number of morpholine rings is 1. The molecule has 0 bridgehead atoms. The van der Waals surface area contributed by atoms with Gasteiger partial charge in [-0.2, -0.15) is 0 Å². The van der Waals surface area contributed by atoms with Crippen LogP contribution in [-0.4, -0.2) is 59.7 Å². The zero-order valence-corrected chi connectivity index (χ0v) is 35.9. The van der Waals surface area contributed by atoms with Gasteiger partial charge in [-0.05, 0) is 132 Å². The molecule has 0 aromatic heterocycles. The lowest BCUT2D eigenvalue weighted by Crippen LogP contribution is -2.39. The summed E-state index contributed by atoms with van der Waals surface area (Å²) in [5.74, 6) is 3.04. The lowest BCUT2D eigenvalue weighted by molar-refractivity contribution is -0.143. The van der Waals surface area contributed by atoms with E-state index in [1.54, 1.807) is 21.1 Å². The third-order valence-electron chi connectivity index (χ3n) is 14.7. The Morgan fingerprint density at radius 3 is 2.10 bits per heavy atom. The molecule has 2 heterocycles. The molecule has 10 rings (SSSR count). The van der Waals surface area contributed by atoms with Crippen LogP contribution in [0.3, 0.4) is 0 Å². The summed E-state index contributed by atoms with van der Waals surface area (Å²) in [6.45, 7) is 5.45. The van der Waals surface area contributed by atoms with Crippen molar-refractivity contribution >= 4 is 28.5 Å². The van der Waals surface area contributed by atoms with Gasteiger partial charge in [-0.1, -0.05) is 62.6 Å². The van der Waals surface area contributed by atoms with Gasteiger partial charge in [0.1, 0.15) is 36.2 Å². The molecule has 1 atom stereocenters. The number of methoxy groups -OCH3 is 2. The summed E-state index contributed by atoms with van der Waals surface area (Å²) in [6.07, 6.45) is 16.4. The molecule has 316 valence electrons. The van der Waals surface area contributed by atoms with Crippen LogP contribution in [0.2, 0.25) is 0 Å². The highest BCUT2D eigenvalue weighted by atomic mass is 16.6. The lowest BCUT2D eigenvalue weighted by Gasteiger charge is -2.48. The number of rotatable bonds is 10. The largest absolute Gasteiger partial charge is 0.497 e. The van der Waals surface area contributed by atoms with E-state index in [1.807, 2.05) is 12.1 Å². The molecule has 61 heavy (non-hydrogen) atoms. The first-order valence-electron chi connectivity index (χ1n) is 22.5.